The molecule has 0 saturated heterocycles. The molecule has 0 bridgehead atoms. The summed E-state index contributed by atoms with van der Waals surface area (Å²) in [6.07, 6.45) is 4.55. The van der Waals surface area contributed by atoms with Crippen molar-refractivity contribution in [3.63, 3.8) is 0 Å². The highest BCUT2D eigenvalue weighted by atomic mass is 35.5. The molecule has 2 aromatic rings. The minimum atomic E-state index is 0.490. The summed E-state index contributed by atoms with van der Waals surface area (Å²) in [4.78, 5) is 4.79. The highest BCUT2D eigenvalue weighted by Crippen LogP contribution is 2.40. The molecule has 0 amide bonds. The number of benzene rings is 1. The predicted molar refractivity (Wildman–Crippen MR) is 90.4 cm³/mol. The summed E-state index contributed by atoms with van der Waals surface area (Å²) < 4.78 is 2.39. The van der Waals surface area contributed by atoms with E-state index < -0.39 is 0 Å². The van der Waals surface area contributed by atoms with Crippen LogP contribution in [0.2, 0.25) is 5.02 Å². The van der Waals surface area contributed by atoms with Gasteiger partial charge in [-0.15, -0.1) is 11.6 Å². The van der Waals surface area contributed by atoms with Crippen LogP contribution in [-0.4, -0.2) is 15.4 Å². The number of nitrogens with zero attached hydrogens (tertiary/aromatic N) is 2. The normalized spacial score (nSPS) is 26.4. The Morgan fingerprint density at radius 1 is 1.29 bits per heavy atom. The molecule has 0 N–H and O–H groups in total. The van der Waals surface area contributed by atoms with Gasteiger partial charge in [-0.05, 0) is 43.2 Å². The first-order valence-corrected chi connectivity index (χ1v) is 8.74. The van der Waals surface area contributed by atoms with Crippen LogP contribution in [0, 0.1) is 11.8 Å². The van der Waals surface area contributed by atoms with Gasteiger partial charge in [0.15, 0.2) is 0 Å². The number of hydrogen-bond acceptors (Lipinski definition) is 1. The summed E-state index contributed by atoms with van der Waals surface area (Å²) in [5.41, 5.74) is 2.08. The summed E-state index contributed by atoms with van der Waals surface area (Å²) in [6.45, 7) is 4.71. The van der Waals surface area contributed by atoms with Crippen LogP contribution in [0.25, 0.3) is 11.0 Å². The Labute approximate surface area is 136 Å². The molecular weight excluding hydrogens is 303 g/mol. The molecule has 1 saturated carbocycles. The Kier molecular flexibility index (Phi) is 4.46. The molecule has 114 valence electrons. The van der Waals surface area contributed by atoms with Crippen molar-refractivity contribution in [1.82, 2.24) is 9.55 Å². The molecule has 1 aromatic heterocycles. The van der Waals surface area contributed by atoms with Gasteiger partial charge >= 0.3 is 0 Å². The lowest BCUT2D eigenvalue weighted by Crippen LogP contribution is -2.26. The van der Waals surface area contributed by atoms with Crippen LogP contribution < -0.4 is 0 Å². The number of rotatable bonds is 3. The molecule has 3 atom stereocenters. The highest BCUT2D eigenvalue weighted by Gasteiger charge is 2.30. The Bertz CT molecular complexity index is 635. The van der Waals surface area contributed by atoms with Gasteiger partial charge in [0.2, 0.25) is 0 Å². The maximum atomic E-state index is 6.48. The molecule has 1 heterocycles. The lowest BCUT2D eigenvalue weighted by atomic mass is 9.79. The van der Waals surface area contributed by atoms with Gasteiger partial charge in [0.1, 0.15) is 5.82 Å². The van der Waals surface area contributed by atoms with E-state index in [-0.39, 0.29) is 0 Å². The van der Waals surface area contributed by atoms with Crippen molar-refractivity contribution in [1.29, 1.82) is 0 Å². The molecule has 3 unspecified atom stereocenters. The van der Waals surface area contributed by atoms with Crippen molar-refractivity contribution in [2.24, 2.45) is 11.8 Å². The molecular formula is C17H22Cl2N2. The van der Waals surface area contributed by atoms with Gasteiger partial charge in [0.25, 0.3) is 0 Å². The van der Waals surface area contributed by atoms with Crippen LogP contribution in [0.15, 0.2) is 18.2 Å². The number of fused-ring (bicyclic) bond motifs is 1. The molecule has 0 radical (unpaired) electrons. The zero-order valence-electron chi connectivity index (χ0n) is 12.6. The monoisotopic (exact) mass is 324 g/mol. The van der Waals surface area contributed by atoms with Gasteiger partial charge in [-0.3, -0.25) is 0 Å². The van der Waals surface area contributed by atoms with Gasteiger partial charge < -0.3 is 4.57 Å². The van der Waals surface area contributed by atoms with E-state index in [1.165, 1.54) is 19.3 Å². The number of halogens is 2. The van der Waals surface area contributed by atoms with Gasteiger partial charge in [0, 0.05) is 18.3 Å². The Morgan fingerprint density at radius 3 is 2.81 bits per heavy atom. The first kappa shape index (κ1) is 15.2. The van der Waals surface area contributed by atoms with Crippen molar-refractivity contribution in [2.45, 2.75) is 45.6 Å². The van der Waals surface area contributed by atoms with E-state index in [1.54, 1.807) is 0 Å². The fraction of sp³-hybridized carbons (Fsp3) is 0.588. The third kappa shape index (κ3) is 2.80. The van der Waals surface area contributed by atoms with Crippen LogP contribution >= 0.6 is 23.2 Å². The van der Waals surface area contributed by atoms with Crippen LogP contribution in [0.5, 0.6) is 0 Å². The Balaban J connectivity index is 2.12. The minimum Gasteiger partial charge on any atom is -0.323 e. The molecule has 1 aliphatic carbocycles. The van der Waals surface area contributed by atoms with Crippen LogP contribution in [0.3, 0.4) is 0 Å². The van der Waals surface area contributed by atoms with E-state index in [0.717, 1.165) is 34.2 Å². The molecule has 0 aliphatic heterocycles. The first-order chi connectivity index (χ1) is 10.1. The van der Waals surface area contributed by atoms with Crippen LogP contribution in [0.4, 0.5) is 0 Å². The lowest BCUT2D eigenvalue weighted by Gasteiger charge is -2.35. The predicted octanol–water partition coefficient (Wildman–Crippen LogP) is 5.47. The lowest BCUT2D eigenvalue weighted by molar-refractivity contribution is 0.208. The number of para-hydroxylation sites is 1. The largest absolute Gasteiger partial charge is 0.323 e. The van der Waals surface area contributed by atoms with E-state index >= 15 is 0 Å². The van der Waals surface area contributed by atoms with Crippen molar-refractivity contribution in [3.05, 3.63) is 29.0 Å². The molecule has 21 heavy (non-hydrogen) atoms. The van der Waals surface area contributed by atoms with Crippen LogP contribution in [0.1, 0.15) is 45.0 Å². The van der Waals surface area contributed by atoms with Crippen molar-refractivity contribution < 1.29 is 0 Å². The summed E-state index contributed by atoms with van der Waals surface area (Å²) >= 11 is 12.5. The van der Waals surface area contributed by atoms with Gasteiger partial charge in [0.05, 0.1) is 16.1 Å². The fourth-order valence-corrected chi connectivity index (χ4v) is 4.24. The fourth-order valence-electron chi connectivity index (χ4n) is 3.81. The Morgan fingerprint density at radius 2 is 2.10 bits per heavy atom. The second kappa shape index (κ2) is 6.18. The van der Waals surface area contributed by atoms with E-state index in [9.17, 15) is 0 Å². The second-order valence-corrected chi connectivity index (χ2v) is 7.19. The average Bonchev–Trinajstić information content (AvgIpc) is 2.79. The standard InChI is InChI=1S/C17H22Cl2N2/c1-11-6-7-15(12(2)10-11)21-16(8-9-18)20-14-5-3-4-13(19)17(14)21/h3-5,11-12,15H,6-10H2,1-2H3. The van der Waals surface area contributed by atoms with Gasteiger partial charge in [-0.2, -0.15) is 0 Å². The van der Waals surface area contributed by atoms with Gasteiger partial charge in [-0.25, -0.2) is 4.98 Å². The quantitative estimate of drug-likeness (QED) is 0.684. The summed E-state index contributed by atoms with van der Waals surface area (Å²) in [6, 6.07) is 6.47. The molecule has 1 aliphatic rings. The summed E-state index contributed by atoms with van der Waals surface area (Å²) in [5, 5.41) is 0.798. The number of hydrogen-bond donors (Lipinski definition) is 0. The van der Waals surface area contributed by atoms with E-state index in [1.807, 2.05) is 18.2 Å². The topological polar surface area (TPSA) is 17.8 Å². The Hall–Kier alpha value is -0.730. The second-order valence-electron chi connectivity index (χ2n) is 6.41. The van der Waals surface area contributed by atoms with Crippen LogP contribution in [-0.2, 0) is 6.42 Å². The van der Waals surface area contributed by atoms with E-state index in [4.69, 9.17) is 28.2 Å². The molecule has 4 heteroatoms. The first-order valence-electron chi connectivity index (χ1n) is 7.83. The number of aromatic nitrogens is 2. The van der Waals surface area contributed by atoms with Crippen molar-refractivity contribution in [3.8, 4) is 0 Å². The van der Waals surface area contributed by atoms with E-state index in [0.29, 0.717) is 17.8 Å². The van der Waals surface area contributed by atoms with Crippen molar-refractivity contribution in [2.75, 3.05) is 5.88 Å². The molecule has 2 nitrogen and oxygen atoms in total. The minimum absolute atomic E-state index is 0.490. The number of aryl methyl sites for hydroxylation is 1. The molecule has 0 spiro atoms. The SMILES string of the molecule is CC1CCC(n2c(CCCl)nc3cccc(Cl)c32)C(C)C1. The summed E-state index contributed by atoms with van der Waals surface area (Å²) in [7, 11) is 0. The maximum absolute atomic E-state index is 6.48. The molecule has 3 rings (SSSR count). The van der Waals surface area contributed by atoms with Gasteiger partial charge in [-0.1, -0.05) is 31.5 Å². The molecule has 1 aromatic carbocycles. The zero-order chi connectivity index (χ0) is 15.0. The number of alkyl halides is 1. The number of imidazole rings is 1. The van der Waals surface area contributed by atoms with E-state index in [2.05, 4.69) is 18.4 Å². The zero-order valence-corrected chi connectivity index (χ0v) is 14.2. The average molecular weight is 325 g/mol. The maximum Gasteiger partial charge on any atom is 0.111 e. The third-order valence-corrected chi connectivity index (χ3v) is 5.26. The molecule has 1 fully saturated rings. The van der Waals surface area contributed by atoms with Crippen molar-refractivity contribution >= 4 is 34.2 Å². The smallest absolute Gasteiger partial charge is 0.111 e. The summed E-state index contributed by atoms with van der Waals surface area (Å²) in [5.74, 6) is 3.15. The third-order valence-electron chi connectivity index (χ3n) is 4.77. The highest BCUT2D eigenvalue weighted by molar-refractivity contribution is 6.35.